The van der Waals surface area contributed by atoms with Crippen LogP contribution in [-0.4, -0.2) is 0 Å². The van der Waals surface area contributed by atoms with E-state index in [9.17, 15) is 0 Å². The molecule has 1 N–H and O–H groups in total. The van der Waals surface area contributed by atoms with Crippen LogP contribution in [0.2, 0.25) is 0 Å². The van der Waals surface area contributed by atoms with Gasteiger partial charge in [-0.15, -0.1) is 0 Å². The van der Waals surface area contributed by atoms with Gasteiger partial charge in [0.15, 0.2) is 0 Å². The van der Waals surface area contributed by atoms with Gasteiger partial charge in [0.05, 0.1) is 5.41 Å². The summed E-state index contributed by atoms with van der Waals surface area (Å²) in [6.45, 7) is 0. The number of hydrogen-bond acceptors (Lipinski definition) is 2. The molecule has 212 valence electrons. The highest BCUT2D eigenvalue weighted by Crippen LogP contribution is 2.56. The number of furan rings is 1. The van der Waals surface area contributed by atoms with Crippen molar-refractivity contribution in [1.82, 2.24) is 0 Å². The number of benzene rings is 7. The maximum absolute atomic E-state index is 6.37. The maximum atomic E-state index is 6.37. The minimum atomic E-state index is -0.390. The minimum absolute atomic E-state index is 0.390. The average molecular weight is 576 g/mol. The second-order valence-electron chi connectivity index (χ2n) is 11.8. The average Bonchev–Trinajstić information content (AvgIpc) is 3.62. The Bertz CT molecular complexity index is 2290. The van der Waals surface area contributed by atoms with Gasteiger partial charge in [0.25, 0.3) is 0 Å². The van der Waals surface area contributed by atoms with Crippen LogP contribution in [0, 0.1) is 0 Å². The predicted molar refractivity (Wildman–Crippen MR) is 186 cm³/mol. The third-order valence-corrected chi connectivity index (χ3v) is 9.35. The van der Waals surface area contributed by atoms with Crippen LogP contribution in [0.3, 0.4) is 0 Å². The Labute approximate surface area is 262 Å². The molecule has 0 spiro atoms. The SMILES string of the molecule is c1ccc(-c2ccc3c(c2)oc2cc(Nc4ccc(C5(c6ccccc6)c6ccccc6-c6ccccc65)cc4)ccc23)cc1. The molecule has 1 aliphatic rings. The summed E-state index contributed by atoms with van der Waals surface area (Å²) in [4.78, 5) is 0. The van der Waals surface area contributed by atoms with Crippen LogP contribution in [0.4, 0.5) is 11.4 Å². The van der Waals surface area contributed by atoms with E-state index in [1.807, 2.05) is 6.07 Å². The molecule has 0 atom stereocenters. The molecule has 0 fully saturated rings. The third kappa shape index (κ3) is 3.96. The summed E-state index contributed by atoms with van der Waals surface area (Å²) < 4.78 is 6.37. The molecule has 2 heteroatoms. The van der Waals surface area contributed by atoms with E-state index in [2.05, 4.69) is 169 Å². The summed E-state index contributed by atoms with van der Waals surface area (Å²) in [6, 6.07) is 60.8. The fourth-order valence-electron chi connectivity index (χ4n) is 7.35. The van der Waals surface area contributed by atoms with Gasteiger partial charge in [-0.2, -0.15) is 0 Å². The van der Waals surface area contributed by atoms with Crippen LogP contribution in [0.15, 0.2) is 174 Å². The Hall–Kier alpha value is -5.86. The van der Waals surface area contributed by atoms with E-state index in [0.717, 1.165) is 38.9 Å². The van der Waals surface area contributed by atoms with Crippen molar-refractivity contribution in [2.75, 3.05) is 5.32 Å². The van der Waals surface area contributed by atoms with Gasteiger partial charge in [0.2, 0.25) is 0 Å². The van der Waals surface area contributed by atoms with Gasteiger partial charge in [-0.1, -0.05) is 127 Å². The summed E-state index contributed by atoms with van der Waals surface area (Å²) in [5, 5.41) is 5.87. The molecular weight excluding hydrogens is 546 g/mol. The normalized spacial score (nSPS) is 13.1. The molecule has 0 bridgehead atoms. The summed E-state index contributed by atoms with van der Waals surface area (Å²) in [5.41, 5.74) is 13.5. The van der Waals surface area contributed by atoms with Crippen molar-refractivity contribution in [1.29, 1.82) is 0 Å². The lowest BCUT2D eigenvalue weighted by Gasteiger charge is -2.34. The highest BCUT2D eigenvalue weighted by Gasteiger charge is 2.45. The number of anilines is 2. The molecule has 0 saturated heterocycles. The van der Waals surface area contributed by atoms with Crippen LogP contribution >= 0.6 is 0 Å². The smallest absolute Gasteiger partial charge is 0.137 e. The monoisotopic (exact) mass is 575 g/mol. The molecule has 0 saturated carbocycles. The van der Waals surface area contributed by atoms with Gasteiger partial charge in [-0.05, 0) is 80.9 Å². The van der Waals surface area contributed by atoms with Gasteiger partial charge in [0.1, 0.15) is 11.2 Å². The van der Waals surface area contributed by atoms with Gasteiger partial charge in [-0.25, -0.2) is 0 Å². The first kappa shape index (κ1) is 25.6. The van der Waals surface area contributed by atoms with E-state index in [-0.39, 0.29) is 0 Å². The number of nitrogens with one attached hydrogen (secondary N) is 1. The van der Waals surface area contributed by atoms with Gasteiger partial charge >= 0.3 is 0 Å². The molecule has 45 heavy (non-hydrogen) atoms. The van der Waals surface area contributed by atoms with Gasteiger partial charge in [0, 0.05) is 28.2 Å². The predicted octanol–water partition coefficient (Wildman–Crippen LogP) is 11.4. The van der Waals surface area contributed by atoms with Crippen LogP contribution < -0.4 is 5.32 Å². The Kier molecular flexibility index (Phi) is 5.76. The molecule has 0 amide bonds. The summed E-state index contributed by atoms with van der Waals surface area (Å²) in [7, 11) is 0. The molecule has 2 nitrogen and oxygen atoms in total. The summed E-state index contributed by atoms with van der Waals surface area (Å²) >= 11 is 0. The molecule has 9 rings (SSSR count). The van der Waals surface area contributed by atoms with E-state index in [1.54, 1.807) is 0 Å². The fourth-order valence-corrected chi connectivity index (χ4v) is 7.35. The second-order valence-corrected chi connectivity index (χ2v) is 11.8. The van der Waals surface area contributed by atoms with Crippen molar-refractivity contribution in [2.24, 2.45) is 0 Å². The van der Waals surface area contributed by atoms with E-state index < -0.39 is 5.41 Å². The topological polar surface area (TPSA) is 25.2 Å². The molecule has 1 aliphatic carbocycles. The Morgan fingerprint density at radius 2 is 0.933 bits per heavy atom. The Balaban J connectivity index is 1.09. The van der Waals surface area contributed by atoms with Crippen molar-refractivity contribution < 1.29 is 4.42 Å². The van der Waals surface area contributed by atoms with Crippen molar-refractivity contribution in [2.45, 2.75) is 5.41 Å². The molecule has 1 heterocycles. The van der Waals surface area contributed by atoms with Crippen LogP contribution in [-0.2, 0) is 5.41 Å². The molecule has 7 aromatic carbocycles. The van der Waals surface area contributed by atoms with E-state index >= 15 is 0 Å². The van der Waals surface area contributed by atoms with E-state index in [0.29, 0.717) is 0 Å². The largest absolute Gasteiger partial charge is 0.456 e. The lowest BCUT2D eigenvalue weighted by Crippen LogP contribution is -2.28. The maximum Gasteiger partial charge on any atom is 0.137 e. The number of rotatable bonds is 5. The Morgan fingerprint density at radius 1 is 0.400 bits per heavy atom. The summed E-state index contributed by atoms with van der Waals surface area (Å²) in [5.74, 6) is 0. The quantitative estimate of drug-likeness (QED) is 0.221. The van der Waals surface area contributed by atoms with Crippen LogP contribution in [0.25, 0.3) is 44.2 Å². The first-order valence-corrected chi connectivity index (χ1v) is 15.4. The number of fused-ring (bicyclic) bond motifs is 6. The van der Waals surface area contributed by atoms with Crippen molar-refractivity contribution in [3.8, 4) is 22.3 Å². The highest BCUT2D eigenvalue weighted by molar-refractivity contribution is 6.06. The van der Waals surface area contributed by atoms with Gasteiger partial charge < -0.3 is 9.73 Å². The molecule has 0 unspecified atom stereocenters. The van der Waals surface area contributed by atoms with Gasteiger partial charge in [-0.3, -0.25) is 0 Å². The second kappa shape index (κ2) is 10.1. The van der Waals surface area contributed by atoms with E-state index in [4.69, 9.17) is 4.42 Å². The van der Waals surface area contributed by atoms with E-state index in [1.165, 1.54) is 38.9 Å². The molecule has 8 aromatic rings. The van der Waals surface area contributed by atoms with Crippen molar-refractivity contribution >= 4 is 33.3 Å². The van der Waals surface area contributed by atoms with Crippen molar-refractivity contribution in [3.63, 3.8) is 0 Å². The molecule has 0 radical (unpaired) electrons. The molecular formula is C43H29NO. The minimum Gasteiger partial charge on any atom is -0.456 e. The Morgan fingerprint density at radius 3 is 1.62 bits per heavy atom. The molecule has 1 aromatic heterocycles. The fraction of sp³-hybridized carbons (Fsp3) is 0.0233. The highest BCUT2D eigenvalue weighted by atomic mass is 16.3. The standard InChI is InChI=1S/C43H29NO/c1-3-11-29(12-4-1)30-19-25-37-38-26-24-34(28-42(38)45-41(37)27-30)44-33-22-20-32(21-23-33)43(31-13-5-2-6-14-31)39-17-9-7-15-35(39)36-16-8-10-18-40(36)43/h1-28,44H. The summed E-state index contributed by atoms with van der Waals surface area (Å²) in [6.07, 6.45) is 0. The lowest BCUT2D eigenvalue weighted by atomic mass is 9.68. The third-order valence-electron chi connectivity index (χ3n) is 9.35. The van der Waals surface area contributed by atoms with Crippen molar-refractivity contribution in [3.05, 3.63) is 192 Å². The first-order chi connectivity index (χ1) is 22.3. The zero-order valence-corrected chi connectivity index (χ0v) is 24.6. The molecule has 0 aliphatic heterocycles. The first-order valence-electron chi connectivity index (χ1n) is 15.4. The zero-order valence-electron chi connectivity index (χ0n) is 24.6. The van der Waals surface area contributed by atoms with Crippen LogP contribution in [0.1, 0.15) is 22.3 Å². The lowest BCUT2D eigenvalue weighted by molar-refractivity contribution is 0.669. The number of hydrogen-bond donors (Lipinski definition) is 1. The van der Waals surface area contributed by atoms with Crippen LogP contribution in [0.5, 0.6) is 0 Å². The zero-order chi connectivity index (χ0) is 29.8.